The van der Waals surface area contributed by atoms with E-state index >= 15 is 0 Å². The summed E-state index contributed by atoms with van der Waals surface area (Å²) in [5.41, 5.74) is 9.34. The van der Waals surface area contributed by atoms with Gasteiger partial charge in [0, 0.05) is 16.7 Å². The Morgan fingerprint density at radius 2 is 2.00 bits per heavy atom. The molecule has 0 spiro atoms. The van der Waals surface area contributed by atoms with Gasteiger partial charge in [0.15, 0.2) is 0 Å². The number of nitrogens with one attached hydrogen (secondary N) is 1. The highest BCUT2D eigenvalue weighted by molar-refractivity contribution is 9.10. The van der Waals surface area contributed by atoms with Gasteiger partial charge >= 0.3 is 0 Å². The number of carbonyl (C=O) groups is 1. The van der Waals surface area contributed by atoms with E-state index in [2.05, 4.69) is 40.3 Å². The Balaban J connectivity index is 1.96. The van der Waals surface area contributed by atoms with E-state index in [-0.39, 0.29) is 5.91 Å². The summed E-state index contributed by atoms with van der Waals surface area (Å²) in [6.07, 6.45) is 0.818. The van der Waals surface area contributed by atoms with Crippen LogP contribution in [0.25, 0.3) is 0 Å². The molecule has 3 nitrogen and oxygen atoms in total. The standard InChI is InChI=1S/C16H17BrN2O/c1-11-4-2-3-5-12(11)8-9-19-16(20)14-10-13(18)6-7-15(14)17/h2-7,10H,8-9,18H2,1H3,(H,19,20). The molecular weight excluding hydrogens is 316 g/mol. The van der Waals surface area contributed by atoms with Crippen molar-refractivity contribution in [3.8, 4) is 0 Å². The topological polar surface area (TPSA) is 55.1 Å². The fraction of sp³-hybridized carbons (Fsp3) is 0.188. The van der Waals surface area contributed by atoms with E-state index in [9.17, 15) is 4.79 Å². The van der Waals surface area contributed by atoms with Crippen LogP contribution in [0.4, 0.5) is 5.69 Å². The van der Waals surface area contributed by atoms with Crippen LogP contribution in [0.1, 0.15) is 21.5 Å². The molecule has 20 heavy (non-hydrogen) atoms. The second kappa shape index (κ2) is 6.57. The van der Waals surface area contributed by atoms with Crippen molar-refractivity contribution in [2.75, 3.05) is 12.3 Å². The normalized spacial score (nSPS) is 10.3. The van der Waals surface area contributed by atoms with Gasteiger partial charge in [0.25, 0.3) is 5.91 Å². The number of rotatable bonds is 4. The second-order valence-corrected chi connectivity index (χ2v) is 5.53. The molecule has 4 heteroatoms. The van der Waals surface area contributed by atoms with E-state index < -0.39 is 0 Å². The van der Waals surface area contributed by atoms with Crippen molar-refractivity contribution in [1.29, 1.82) is 0 Å². The van der Waals surface area contributed by atoms with Crippen molar-refractivity contribution < 1.29 is 4.79 Å². The third kappa shape index (κ3) is 3.61. The maximum absolute atomic E-state index is 12.1. The van der Waals surface area contributed by atoms with Crippen LogP contribution < -0.4 is 11.1 Å². The lowest BCUT2D eigenvalue weighted by Gasteiger charge is -2.09. The summed E-state index contributed by atoms with van der Waals surface area (Å²) in [5, 5.41) is 2.92. The molecule has 0 aromatic heterocycles. The average Bonchev–Trinajstić information content (AvgIpc) is 2.43. The Bertz CT molecular complexity index is 626. The first-order valence-corrected chi connectivity index (χ1v) is 7.25. The summed E-state index contributed by atoms with van der Waals surface area (Å²) >= 11 is 3.36. The van der Waals surface area contributed by atoms with Crippen molar-refractivity contribution in [3.63, 3.8) is 0 Å². The van der Waals surface area contributed by atoms with Crippen molar-refractivity contribution in [2.24, 2.45) is 0 Å². The molecule has 2 rings (SSSR count). The van der Waals surface area contributed by atoms with E-state index in [0.717, 1.165) is 10.9 Å². The summed E-state index contributed by atoms with van der Waals surface area (Å²) in [7, 11) is 0. The molecule has 0 saturated carbocycles. The molecule has 0 bridgehead atoms. The van der Waals surface area contributed by atoms with Crippen LogP contribution in [0.2, 0.25) is 0 Å². The Labute approximate surface area is 127 Å². The Hall–Kier alpha value is -1.81. The minimum atomic E-state index is -0.113. The van der Waals surface area contributed by atoms with Gasteiger partial charge in [-0.15, -0.1) is 0 Å². The summed E-state index contributed by atoms with van der Waals surface area (Å²) in [6.45, 7) is 2.68. The van der Waals surface area contributed by atoms with Crippen molar-refractivity contribution in [1.82, 2.24) is 5.32 Å². The summed E-state index contributed by atoms with van der Waals surface area (Å²) in [5.74, 6) is -0.113. The molecule has 1 amide bonds. The lowest BCUT2D eigenvalue weighted by Crippen LogP contribution is -2.26. The van der Waals surface area contributed by atoms with Gasteiger partial charge < -0.3 is 11.1 Å². The highest BCUT2D eigenvalue weighted by atomic mass is 79.9. The lowest BCUT2D eigenvalue weighted by molar-refractivity contribution is 0.0953. The van der Waals surface area contributed by atoms with Gasteiger partial charge in [0.1, 0.15) is 0 Å². The predicted octanol–water partition coefficient (Wildman–Crippen LogP) is 3.31. The molecule has 0 aliphatic carbocycles. The number of aryl methyl sites for hydroxylation is 1. The average molecular weight is 333 g/mol. The van der Waals surface area contributed by atoms with Crippen LogP contribution in [-0.2, 0) is 6.42 Å². The number of benzene rings is 2. The highest BCUT2D eigenvalue weighted by Gasteiger charge is 2.09. The fourth-order valence-electron chi connectivity index (χ4n) is 2.01. The van der Waals surface area contributed by atoms with Crippen molar-refractivity contribution in [3.05, 3.63) is 63.6 Å². The van der Waals surface area contributed by atoms with Gasteiger partial charge in [-0.3, -0.25) is 4.79 Å². The molecule has 0 fully saturated rings. The number of nitrogen functional groups attached to an aromatic ring is 1. The fourth-order valence-corrected chi connectivity index (χ4v) is 2.44. The Morgan fingerprint density at radius 1 is 1.25 bits per heavy atom. The molecular formula is C16H17BrN2O. The molecule has 2 aromatic carbocycles. The largest absolute Gasteiger partial charge is 0.399 e. The molecule has 0 radical (unpaired) electrons. The van der Waals surface area contributed by atoms with Crippen LogP contribution in [0, 0.1) is 6.92 Å². The number of anilines is 1. The minimum absolute atomic E-state index is 0.113. The van der Waals surface area contributed by atoms with E-state index in [1.54, 1.807) is 18.2 Å². The molecule has 104 valence electrons. The summed E-state index contributed by atoms with van der Waals surface area (Å²) < 4.78 is 0.750. The molecule has 0 atom stereocenters. The number of amides is 1. The Morgan fingerprint density at radius 3 is 2.75 bits per heavy atom. The lowest BCUT2D eigenvalue weighted by atomic mass is 10.1. The molecule has 0 aliphatic rings. The van der Waals surface area contributed by atoms with Crippen molar-refractivity contribution in [2.45, 2.75) is 13.3 Å². The molecule has 3 N–H and O–H groups in total. The molecule has 0 heterocycles. The predicted molar refractivity (Wildman–Crippen MR) is 85.8 cm³/mol. The second-order valence-electron chi connectivity index (χ2n) is 4.67. The first-order valence-electron chi connectivity index (χ1n) is 6.45. The van der Waals surface area contributed by atoms with Crippen molar-refractivity contribution >= 4 is 27.5 Å². The first kappa shape index (κ1) is 14.6. The van der Waals surface area contributed by atoms with Crippen LogP contribution in [-0.4, -0.2) is 12.5 Å². The molecule has 2 aromatic rings. The maximum Gasteiger partial charge on any atom is 0.252 e. The van der Waals surface area contributed by atoms with Gasteiger partial charge in [0.2, 0.25) is 0 Å². The monoisotopic (exact) mass is 332 g/mol. The number of carbonyl (C=O) groups excluding carboxylic acids is 1. The van der Waals surface area contributed by atoms with E-state index in [0.29, 0.717) is 17.8 Å². The number of nitrogens with two attached hydrogens (primary N) is 1. The van der Waals surface area contributed by atoms with E-state index in [1.165, 1.54) is 11.1 Å². The zero-order valence-corrected chi connectivity index (χ0v) is 12.9. The molecule has 0 saturated heterocycles. The maximum atomic E-state index is 12.1. The zero-order chi connectivity index (χ0) is 14.5. The van der Waals surface area contributed by atoms with Crippen LogP contribution in [0.15, 0.2) is 46.9 Å². The van der Waals surface area contributed by atoms with Gasteiger partial charge in [-0.05, 0) is 58.6 Å². The summed E-state index contributed by atoms with van der Waals surface area (Å²) in [4.78, 5) is 12.1. The number of hydrogen-bond donors (Lipinski definition) is 2. The molecule has 0 aliphatic heterocycles. The smallest absolute Gasteiger partial charge is 0.252 e. The Kier molecular flexibility index (Phi) is 4.79. The minimum Gasteiger partial charge on any atom is -0.399 e. The summed E-state index contributed by atoms with van der Waals surface area (Å²) in [6, 6.07) is 13.4. The first-order chi connectivity index (χ1) is 9.58. The number of hydrogen-bond acceptors (Lipinski definition) is 2. The van der Waals surface area contributed by atoms with Crippen LogP contribution in [0.5, 0.6) is 0 Å². The van der Waals surface area contributed by atoms with Crippen LogP contribution >= 0.6 is 15.9 Å². The molecule has 0 unspecified atom stereocenters. The third-order valence-corrected chi connectivity index (χ3v) is 3.87. The van der Waals surface area contributed by atoms with Crippen LogP contribution in [0.3, 0.4) is 0 Å². The number of halogens is 1. The van der Waals surface area contributed by atoms with Gasteiger partial charge in [-0.1, -0.05) is 24.3 Å². The van der Waals surface area contributed by atoms with Gasteiger partial charge in [-0.25, -0.2) is 0 Å². The third-order valence-electron chi connectivity index (χ3n) is 3.18. The van der Waals surface area contributed by atoms with Gasteiger partial charge in [-0.2, -0.15) is 0 Å². The van der Waals surface area contributed by atoms with E-state index in [4.69, 9.17) is 5.73 Å². The van der Waals surface area contributed by atoms with E-state index in [1.807, 2.05) is 12.1 Å². The zero-order valence-electron chi connectivity index (χ0n) is 11.3. The quantitative estimate of drug-likeness (QED) is 0.844. The van der Waals surface area contributed by atoms with Gasteiger partial charge in [0.05, 0.1) is 5.56 Å². The SMILES string of the molecule is Cc1ccccc1CCNC(=O)c1cc(N)ccc1Br. The highest BCUT2D eigenvalue weighted by Crippen LogP contribution is 2.19.